The quantitative estimate of drug-likeness (QED) is 0.212. The molecule has 0 N–H and O–H groups in total. The third-order valence-electron chi connectivity index (χ3n) is 8.16. The van der Waals surface area contributed by atoms with Crippen LogP contribution in [-0.2, 0) is 0 Å². The van der Waals surface area contributed by atoms with Gasteiger partial charge in [0.15, 0.2) is 17.5 Å². The smallest absolute Gasteiger partial charge is 0.167 e. The van der Waals surface area contributed by atoms with Crippen LogP contribution in [0.3, 0.4) is 0 Å². The number of aromatic nitrogens is 3. The van der Waals surface area contributed by atoms with Crippen molar-refractivity contribution in [2.24, 2.45) is 0 Å². The van der Waals surface area contributed by atoms with Crippen LogP contribution in [0.5, 0.6) is 0 Å². The predicted octanol–water partition coefficient (Wildman–Crippen LogP) is 10.3. The second-order valence-electron chi connectivity index (χ2n) is 10.8. The molecular formula is C39H23N3O2. The van der Waals surface area contributed by atoms with Crippen molar-refractivity contribution in [2.75, 3.05) is 0 Å². The Morgan fingerprint density at radius 1 is 0.341 bits per heavy atom. The van der Waals surface area contributed by atoms with Crippen LogP contribution in [0.4, 0.5) is 0 Å². The molecule has 0 saturated heterocycles. The molecule has 0 spiro atoms. The molecule has 0 saturated carbocycles. The van der Waals surface area contributed by atoms with Gasteiger partial charge in [-0.1, -0.05) is 115 Å². The van der Waals surface area contributed by atoms with E-state index in [0.717, 1.165) is 71.7 Å². The Morgan fingerprint density at radius 3 is 1.50 bits per heavy atom. The second kappa shape index (κ2) is 9.75. The molecule has 6 aromatic carbocycles. The Morgan fingerprint density at radius 2 is 0.818 bits per heavy atom. The monoisotopic (exact) mass is 565 g/mol. The largest absolute Gasteiger partial charge is 0.456 e. The first-order valence-electron chi connectivity index (χ1n) is 14.5. The molecule has 206 valence electrons. The van der Waals surface area contributed by atoms with Gasteiger partial charge in [-0.25, -0.2) is 15.0 Å². The summed E-state index contributed by atoms with van der Waals surface area (Å²) in [5, 5.41) is 4.23. The van der Waals surface area contributed by atoms with Gasteiger partial charge in [0, 0.05) is 32.7 Å². The lowest BCUT2D eigenvalue weighted by Gasteiger charge is -2.09. The van der Waals surface area contributed by atoms with E-state index in [1.54, 1.807) is 0 Å². The lowest BCUT2D eigenvalue weighted by atomic mass is 9.95. The maximum absolute atomic E-state index is 6.65. The Labute approximate surface area is 252 Å². The van der Waals surface area contributed by atoms with Crippen molar-refractivity contribution >= 4 is 43.9 Å². The number of fused-ring (bicyclic) bond motifs is 6. The minimum absolute atomic E-state index is 0.562. The summed E-state index contributed by atoms with van der Waals surface area (Å²) in [5.74, 6) is 1.79. The van der Waals surface area contributed by atoms with E-state index in [9.17, 15) is 0 Å². The first-order chi connectivity index (χ1) is 21.8. The molecule has 0 aliphatic heterocycles. The van der Waals surface area contributed by atoms with Gasteiger partial charge >= 0.3 is 0 Å². The zero-order valence-electron chi connectivity index (χ0n) is 23.4. The van der Waals surface area contributed by atoms with Crippen molar-refractivity contribution in [3.05, 3.63) is 140 Å². The maximum Gasteiger partial charge on any atom is 0.167 e. The molecular weight excluding hydrogens is 542 g/mol. The fourth-order valence-corrected chi connectivity index (χ4v) is 6.18. The Balaban J connectivity index is 1.30. The molecule has 0 fully saturated rings. The van der Waals surface area contributed by atoms with Gasteiger partial charge in [-0.05, 0) is 35.4 Å². The van der Waals surface area contributed by atoms with Crippen molar-refractivity contribution in [3.8, 4) is 45.3 Å². The van der Waals surface area contributed by atoms with Crippen LogP contribution in [0.2, 0.25) is 0 Å². The van der Waals surface area contributed by atoms with Gasteiger partial charge < -0.3 is 8.83 Å². The first kappa shape index (κ1) is 24.5. The van der Waals surface area contributed by atoms with E-state index in [4.69, 9.17) is 23.8 Å². The molecule has 44 heavy (non-hydrogen) atoms. The summed E-state index contributed by atoms with van der Waals surface area (Å²) in [4.78, 5) is 14.8. The molecule has 3 heterocycles. The number of hydrogen-bond acceptors (Lipinski definition) is 5. The predicted molar refractivity (Wildman–Crippen MR) is 176 cm³/mol. The van der Waals surface area contributed by atoms with Gasteiger partial charge in [-0.2, -0.15) is 0 Å². The molecule has 0 unspecified atom stereocenters. The number of benzene rings is 6. The van der Waals surface area contributed by atoms with Gasteiger partial charge in [-0.15, -0.1) is 0 Å². The molecule has 0 radical (unpaired) electrons. The summed E-state index contributed by atoms with van der Waals surface area (Å²) >= 11 is 0. The van der Waals surface area contributed by atoms with E-state index < -0.39 is 0 Å². The number of para-hydroxylation sites is 2. The third kappa shape index (κ3) is 3.83. The maximum atomic E-state index is 6.65. The number of rotatable bonds is 4. The average molecular weight is 566 g/mol. The summed E-state index contributed by atoms with van der Waals surface area (Å²) in [7, 11) is 0. The fraction of sp³-hybridized carbons (Fsp3) is 0. The normalized spacial score (nSPS) is 11.6. The lowest BCUT2D eigenvalue weighted by Crippen LogP contribution is -2.00. The molecule has 3 aromatic heterocycles. The van der Waals surface area contributed by atoms with Crippen molar-refractivity contribution in [1.29, 1.82) is 0 Å². The van der Waals surface area contributed by atoms with Gasteiger partial charge in [0.2, 0.25) is 0 Å². The van der Waals surface area contributed by atoms with E-state index in [1.165, 1.54) is 0 Å². The summed E-state index contributed by atoms with van der Waals surface area (Å²) in [6.07, 6.45) is 0. The van der Waals surface area contributed by atoms with Crippen LogP contribution in [-0.4, -0.2) is 15.0 Å². The Bertz CT molecular complexity index is 2440. The zero-order valence-corrected chi connectivity index (χ0v) is 23.4. The van der Waals surface area contributed by atoms with Crippen LogP contribution < -0.4 is 0 Å². The highest BCUT2D eigenvalue weighted by atomic mass is 16.3. The van der Waals surface area contributed by atoms with E-state index in [-0.39, 0.29) is 0 Å². The molecule has 0 aliphatic rings. The molecule has 5 heteroatoms. The van der Waals surface area contributed by atoms with Crippen LogP contribution >= 0.6 is 0 Å². The second-order valence-corrected chi connectivity index (χ2v) is 10.8. The molecule has 0 atom stereocenters. The minimum Gasteiger partial charge on any atom is -0.456 e. The summed E-state index contributed by atoms with van der Waals surface area (Å²) in [5.41, 5.74) is 8.12. The highest BCUT2D eigenvalue weighted by Crippen LogP contribution is 2.43. The molecule has 0 aliphatic carbocycles. The Kier molecular flexibility index (Phi) is 5.43. The van der Waals surface area contributed by atoms with Crippen LogP contribution in [0, 0.1) is 0 Å². The van der Waals surface area contributed by atoms with Gasteiger partial charge in [0.25, 0.3) is 0 Å². The topological polar surface area (TPSA) is 65.0 Å². The van der Waals surface area contributed by atoms with Crippen LogP contribution in [0.1, 0.15) is 0 Å². The van der Waals surface area contributed by atoms with Crippen LogP contribution in [0.25, 0.3) is 89.2 Å². The van der Waals surface area contributed by atoms with Crippen molar-refractivity contribution < 1.29 is 8.83 Å². The SMILES string of the molecule is c1ccc(-c2nc(-c3ccccc3)nc(-c3cccc4c3oc3cccc(-c5cccc6oc7ccccc7c56)c34)n2)cc1. The zero-order chi connectivity index (χ0) is 29.0. The van der Waals surface area contributed by atoms with E-state index >= 15 is 0 Å². The fourth-order valence-electron chi connectivity index (χ4n) is 6.18. The van der Waals surface area contributed by atoms with Crippen molar-refractivity contribution in [2.45, 2.75) is 0 Å². The van der Waals surface area contributed by atoms with Crippen molar-refractivity contribution in [3.63, 3.8) is 0 Å². The number of furan rings is 2. The minimum atomic E-state index is 0.562. The van der Waals surface area contributed by atoms with Gasteiger partial charge in [0.05, 0.1) is 5.56 Å². The summed E-state index contributed by atoms with van der Waals surface area (Å²) < 4.78 is 12.9. The van der Waals surface area contributed by atoms with Gasteiger partial charge in [0.1, 0.15) is 22.3 Å². The van der Waals surface area contributed by atoms with Crippen LogP contribution in [0.15, 0.2) is 148 Å². The van der Waals surface area contributed by atoms with Gasteiger partial charge in [-0.3, -0.25) is 0 Å². The molecule has 9 rings (SSSR count). The molecule has 5 nitrogen and oxygen atoms in total. The highest BCUT2D eigenvalue weighted by Gasteiger charge is 2.21. The average Bonchev–Trinajstić information content (AvgIpc) is 3.67. The highest BCUT2D eigenvalue weighted by molar-refractivity contribution is 6.20. The summed E-state index contributed by atoms with van der Waals surface area (Å²) in [6, 6.07) is 46.8. The van der Waals surface area contributed by atoms with E-state index in [2.05, 4.69) is 30.3 Å². The summed E-state index contributed by atoms with van der Waals surface area (Å²) in [6.45, 7) is 0. The first-order valence-corrected chi connectivity index (χ1v) is 14.5. The Hall–Kier alpha value is -6.07. The lowest BCUT2D eigenvalue weighted by molar-refractivity contribution is 0.668. The third-order valence-corrected chi connectivity index (χ3v) is 8.16. The van der Waals surface area contributed by atoms with E-state index in [1.807, 2.05) is 109 Å². The van der Waals surface area contributed by atoms with E-state index in [0.29, 0.717) is 17.5 Å². The standard InChI is InChI=1S/C39H23N3O2/c1-3-12-24(13-4-1)37-40-38(25-14-5-2-6-15-25)42-39(41-37)30-20-9-19-29-35-27(18-11-23-33(35)44-36(29)30)26-17-10-22-32-34(26)28-16-7-8-21-31(28)43-32/h1-23H. The molecule has 0 amide bonds. The number of nitrogens with zero attached hydrogens (tertiary/aromatic N) is 3. The van der Waals surface area contributed by atoms with Crippen molar-refractivity contribution in [1.82, 2.24) is 15.0 Å². The number of hydrogen-bond donors (Lipinski definition) is 0. The molecule has 0 bridgehead atoms. The molecule has 9 aromatic rings.